The molecule has 0 aliphatic heterocycles. The monoisotopic (exact) mass is 470 g/mol. The van der Waals surface area contributed by atoms with Crippen LogP contribution in [0.2, 0.25) is 0 Å². The molecular formula is C22H20Br2N2. The quantitative estimate of drug-likeness (QED) is 0.392. The van der Waals surface area contributed by atoms with E-state index in [0.717, 1.165) is 22.5 Å². The molecule has 2 nitrogen and oxygen atoms in total. The van der Waals surface area contributed by atoms with Crippen LogP contribution < -0.4 is 0 Å². The molecule has 1 aromatic heterocycles. The van der Waals surface area contributed by atoms with Gasteiger partial charge in [-0.15, -0.1) is 0 Å². The van der Waals surface area contributed by atoms with Crippen LogP contribution in [0.15, 0.2) is 73.8 Å². The Balaban J connectivity index is 0.00000117. The van der Waals surface area contributed by atoms with Gasteiger partial charge in [0, 0.05) is 20.1 Å². The smallest absolute Gasteiger partial charge is 0.104 e. The first-order valence-corrected chi connectivity index (χ1v) is 9.89. The van der Waals surface area contributed by atoms with Crippen LogP contribution in [0.3, 0.4) is 0 Å². The molecule has 0 aliphatic carbocycles. The average molecular weight is 472 g/mol. The van der Waals surface area contributed by atoms with Crippen LogP contribution in [0.1, 0.15) is 25.2 Å². The van der Waals surface area contributed by atoms with Gasteiger partial charge < -0.3 is 0 Å². The standard InChI is InChI=1S/C20H14Br2N2.C2H6/c1-13(21)17-18(14(2)22)24-20(16-11-7-4-8-12-16)19(23-17)15-9-5-3-6-10-15;1-2/h3-12H,1-2H2;1-2H3. The first-order valence-electron chi connectivity index (χ1n) is 8.30. The Hall–Kier alpha value is -2.04. The van der Waals surface area contributed by atoms with Crippen molar-refractivity contribution in [2.24, 2.45) is 0 Å². The Morgan fingerprint density at radius 3 is 1.23 bits per heavy atom. The summed E-state index contributed by atoms with van der Waals surface area (Å²) in [6.45, 7) is 11.9. The highest BCUT2D eigenvalue weighted by atomic mass is 79.9. The van der Waals surface area contributed by atoms with Gasteiger partial charge in [-0.3, -0.25) is 0 Å². The summed E-state index contributed by atoms with van der Waals surface area (Å²) in [7, 11) is 0. The van der Waals surface area contributed by atoms with Gasteiger partial charge >= 0.3 is 0 Å². The van der Waals surface area contributed by atoms with Gasteiger partial charge in [0.15, 0.2) is 0 Å². The molecule has 0 saturated carbocycles. The van der Waals surface area contributed by atoms with E-state index < -0.39 is 0 Å². The SMILES string of the molecule is C=C(Br)c1nc(-c2ccccc2)c(-c2ccccc2)nc1C(=C)Br.CC. The fourth-order valence-corrected chi connectivity index (χ4v) is 2.96. The lowest BCUT2D eigenvalue weighted by atomic mass is 10.0. The summed E-state index contributed by atoms with van der Waals surface area (Å²) in [5.41, 5.74) is 4.99. The van der Waals surface area contributed by atoms with Crippen LogP contribution in [0.4, 0.5) is 0 Å². The van der Waals surface area contributed by atoms with E-state index in [1.54, 1.807) is 0 Å². The van der Waals surface area contributed by atoms with Crippen molar-refractivity contribution >= 4 is 40.8 Å². The molecule has 0 bridgehead atoms. The second-order valence-electron chi connectivity index (χ2n) is 5.16. The van der Waals surface area contributed by atoms with Crippen molar-refractivity contribution in [1.82, 2.24) is 9.97 Å². The number of rotatable bonds is 4. The molecule has 3 rings (SSSR count). The van der Waals surface area contributed by atoms with E-state index in [-0.39, 0.29) is 0 Å². The van der Waals surface area contributed by atoms with Crippen LogP contribution in [-0.2, 0) is 0 Å². The van der Waals surface area contributed by atoms with Gasteiger partial charge in [-0.25, -0.2) is 9.97 Å². The lowest BCUT2D eigenvalue weighted by Crippen LogP contribution is -2.02. The number of hydrogen-bond acceptors (Lipinski definition) is 2. The minimum absolute atomic E-state index is 0.669. The summed E-state index contributed by atoms with van der Waals surface area (Å²) in [5.74, 6) is 0. The fraction of sp³-hybridized carbons (Fsp3) is 0.0909. The number of aromatic nitrogens is 2. The van der Waals surface area contributed by atoms with Gasteiger partial charge in [-0.1, -0.05) is 87.7 Å². The van der Waals surface area contributed by atoms with Gasteiger partial charge in [0.05, 0.1) is 11.4 Å². The van der Waals surface area contributed by atoms with E-state index >= 15 is 0 Å². The average Bonchev–Trinajstić information content (AvgIpc) is 2.69. The maximum Gasteiger partial charge on any atom is 0.104 e. The van der Waals surface area contributed by atoms with Crippen LogP contribution >= 0.6 is 31.9 Å². The van der Waals surface area contributed by atoms with E-state index in [2.05, 4.69) is 45.0 Å². The lowest BCUT2D eigenvalue weighted by molar-refractivity contribution is 1.16. The Labute approximate surface area is 172 Å². The van der Waals surface area contributed by atoms with Crippen molar-refractivity contribution in [3.63, 3.8) is 0 Å². The second kappa shape index (κ2) is 9.60. The molecule has 3 aromatic rings. The third kappa shape index (κ3) is 4.57. The Bertz CT molecular complexity index is 828. The predicted octanol–water partition coefficient (Wildman–Crippen LogP) is 7.57. The minimum Gasteiger partial charge on any atom is -0.243 e. The van der Waals surface area contributed by atoms with Gasteiger partial charge in [0.25, 0.3) is 0 Å². The topological polar surface area (TPSA) is 25.8 Å². The molecule has 26 heavy (non-hydrogen) atoms. The van der Waals surface area contributed by atoms with E-state index in [0.29, 0.717) is 20.4 Å². The zero-order valence-electron chi connectivity index (χ0n) is 14.8. The third-order valence-corrected chi connectivity index (χ3v) is 4.26. The van der Waals surface area contributed by atoms with Gasteiger partial charge in [-0.2, -0.15) is 0 Å². The van der Waals surface area contributed by atoms with Gasteiger partial charge in [-0.05, 0) is 31.9 Å². The molecule has 0 atom stereocenters. The lowest BCUT2D eigenvalue weighted by Gasteiger charge is -2.14. The van der Waals surface area contributed by atoms with Crippen molar-refractivity contribution in [3.8, 4) is 22.5 Å². The summed E-state index contributed by atoms with van der Waals surface area (Å²) < 4.78 is 1.34. The van der Waals surface area contributed by atoms with Crippen molar-refractivity contribution in [3.05, 3.63) is 85.2 Å². The summed E-state index contributed by atoms with van der Waals surface area (Å²) >= 11 is 6.86. The van der Waals surface area contributed by atoms with Crippen LogP contribution in [0.5, 0.6) is 0 Å². The van der Waals surface area contributed by atoms with E-state index in [1.807, 2.05) is 74.5 Å². The second-order valence-corrected chi connectivity index (χ2v) is 7.07. The molecule has 0 radical (unpaired) electrons. The summed E-state index contributed by atoms with van der Waals surface area (Å²) in [6, 6.07) is 20.0. The van der Waals surface area contributed by atoms with Gasteiger partial charge in [0.2, 0.25) is 0 Å². The predicted molar refractivity (Wildman–Crippen MR) is 120 cm³/mol. The summed E-state index contributed by atoms with van der Waals surface area (Å²) in [5, 5.41) is 0. The third-order valence-electron chi connectivity index (χ3n) is 3.50. The van der Waals surface area contributed by atoms with Crippen molar-refractivity contribution < 1.29 is 0 Å². The number of benzene rings is 2. The van der Waals surface area contributed by atoms with E-state index in [4.69, 9.17) is 9.97 Å². The first kappa shape index (κ1) is 20.3. The highest BCUT2D eigenvalue weighted by Crippen LogP contribution is 2.35. The molecule has 0 aliphatic rings. The highest BCUT2D eigenvalue weighted by Gasteiger charge is 2.18. The Morgan fingerprint density at radius 2 is 0.962 bits per heavy atom. The van der Waals surface area contributed by atoms with E-state index in [1.165, 1.54) is 0 Å². The summed E-state index contributed by atoms with van der Waals surface area (Å²) in [6.07, 6.45) is 0. The molecule has 132 valence electrons. The zero-order chi connectivity index (χ0) is 19.1. The molecule has 0 saturated heterocycles. The van der Waals surface area contributed by atoms with Crippen LogP contribution in [0, 0.1) is 0 Å². The molecule has 2 aromatic carbocycles. The van der Waals surface area contributed by atoms with E-state index in [9.17, 15) is 0 Å². The maximum absolute atomic E-state index is 4.84. The number of nitrogens with zero attached hydrogens (tertiary/aromatic N) is 2. The minimum atomic E-state index is 0.669. The number of hydrogen-bond donors (Lipinski definition) is 0. The van der Waals surface area contributed by atoms with Crippen molar-refractivity contribution in [2.45, 2.75) is 13.8 Å². The maximum atomic E-state index is 4.84. The number of halogens is 2. The molecular weight excluding hydrogens is 452 g/mol. The molecule has 0 N–H and O–H groups in total. The fourth-order valence-electron chi connectivity index (χ4n) is 2.41. The van der Waals surface area contributed by atoms with Crippen LogP contribution in [0.25, 0.3) is 31.5 Å². The largest absolute Gasteiger partial charge is 0.243 e. The van der Waals surface area contributed by atoms with Gasteiger partial charge in [0.1, 0.15) is 11.4 Å². The zero-order valence-corrected chi connectivity index (χ0v) is 18.0. The Kier molecular flexibility index (Phi) is 7.49. The first-order chi connectivity index (χ1) is 12.6. The Morgan fingerprint density at radius 1 is 0.654 bits per heavy atom. The molecule has 0 amide bonds. The summed E-state index contributed by atoms with van der Waals surface area (Å²) in [4.78, 5) is 9.68. The van der Waals surface area contributed by atoms with Crippen LogP contribution in [-0.4, -0.2) is 9.97 Å². The van der Waals surface area contributed by atoms with Crippen molar-refractivity contribution in [1.29, 1.82) is 0 Å². The normalized spacial score (nSPS) is 9.85. The molecule has 0 spiro atoms. The van der Waals surface area contributed by atoms with Crippen molar-refractivity contribution in [2.75, 3.05) is 0 Å². The molecule has 4 heteroatoms. The molecule has 1 heterocycles. The highest BCUT2D eigenvalue weighted by molar-refractivity contribution is 9.15. The molecule has 0 fully saturated rings. The molecule has 0 unspecified atom stereocenters.